The van der Waals surface area contributed by atoms with Gasteiger partial charge in [-0.25, -0.2) is 4.98 Å². The first-order valence-electron chi connectivity index (χ1n) is 8.09. The molecule has 22 heavy (non-hydrogen) atoms. The molecule has 1 atom stereocenters. The van der Waals surface area contributed by atoms with Crippen LogP contribution >= 0.6 is 0 Å². The minimum Gasteiger partial charge on any atom is -0.435 e. The SMILES string of the molecule is Cc1nc(C2CC2)oc1C(=O)N1CCC[C@@H](CC(N)=O)CC1. The molecule has 0 aromatic carbocycles. The lowest BCUT2D eigenvalue weighted by Gasteiger charge is -2.19. The molecule has 0 unspecified atom stereocenters. The van der Waals surface area contributed by atoms with Crippen molar-refractivity contribution >= 4 is 11.8 Å². The van der Waals surface area contributed by atoms with Crippen molar-refractivity contribution in [1.82, 2.24) is 9.88 Å². The molecule has 1 aromatic rings. The molecular formula is C16H23N3O3. The first kappa shape index (κ1) is 15.1. The molecule has 2 fully saturated rings. The third kappa shape index (κ3) is 3.31. The number of amides is 2. The molecular weight excluding hydrogens is 282 g/mol. The number of nitrogens with two attached hydrogens (primary N) is 1. The molecule has 2 N–H and O–H groups in total. The number of carbonyl (C=O) groups is 2. The third-order valence-electron chi connectivity index (χ3n) is 4.56. The Morgan fingerprint density at radius 1 is 1.27 bits per heavy atom. The second-order valence-electron chi connectivity index (χ2n) is 6.50. The van der Waals surface area contributed by atoms with E-state index in [1.807, 2.05) is 11.8 Å². The van der Waals surface area contributed by atoms with Gasteiger partial charge in [0.25, 0.3) is 5.91 Å². The number of oxazole rings is 1. The highest BCUT2D eigenvalue weighted by Crippen LogP contribution is 2.40. The second-order valence-corrected chi connectivity index (χ2v) is 6.50. The monoisotopic (exact) mass is 305 g/mol. The summed E-state index contributed by atoms with van der Waals surface area (Å²) in [5.74, 6) is 1.46. The largest absolute Gasteiger partial charge is 0.435 e. The summed E-state index contributed by atoms with van der Waals surface area (Å²) in [5, 5.41) is 0. The van der Waals surface area contributed by atoms with Gasteiger partial charge in [-0.15, -0.1) is 0 Å². The predicted molar refractivity (Wildman–Crippen MR) is 80.3 cm³/mol. The van der Waals surface area contributed by atoms with E-state index in [-0.39, 0.29) is 17.7 Å². The first-order chi connectivity index (χ1) is 10.5. The molecule has 120 valence electrons. The van der Waals surface area contributed by atoms with Gasteiger partial charge in [0, 0.05) is 25.4 Å². The number of aryl methyl sites for hydroxylation is 1. The van der Waals surface area contributed by atoms with Crippen LogP contribution in [0.4, 0.5) is 0 Å². The summed E-state index contributed by atoms with van der Waals surface area (Å²) in [5.41, 5.74) is 5.96. The zero-order chi connectivity index (χ0) is 15.7. The highest BCUT2D eigenvalue weighted by Gasteiger charge is 2.32. The summed E-state index contributed by atoms with van der Waals surface area (Å²) < 4.78 is 5.71. The Morgan fingerprint density at radius 2 is 2.05 bits per heavy atom. The number of hydrogen-bond acceptors (Lipinski definition) is 4. The van der Waals surface area contributed by atoms with E-state index in [4.69, 9.17) is 10.2 Å². The molecule has 3 rings (SSSR count). The Bertz CT molecular complexity index is 577. The highest BCUT2D eigenvalue weighted by atomic mass is 16.4. The van der Waals surface area contributed by atoms with Gasteiger partial charge in [0.2, 0.25) is 11.7 Å². The minimum atomic E-state index is -0.259. The maximum atomic E-state index is 12.7. The molecule has 2 heterocycles. The van der Waals surface area contributed by atoms with Gasteiger partial charge in [0.1, 0.15) is 0 Å². The summed E-state index contributed by atoms with van der Waals surface area (Å²) in [6.45, 7) is 3.18. The Labute approximate surface area is 130 Å². The van der Waals surface area contributed by atoms with Gasteiger partial charge in [-0.3, -0.25) is 9.59 Å². The summed E-state index contributed by atoms with van der Waals surface area (Å²) >= 11 is 0. The highest BCUT2D eigenvalue weighted by molar-refractivity contribution is 5.92. The molecule has 6 nitrogen and oxygen atoms in total. The van der Waals surface area contributed by atoms with Crippen LogP contribution < -0.4 is 5.73 Å². The van der Waals surface area contributed by atoms with Gasteiger partial charge < -0.3 is 15.1 Å². The molecule has 1 aliphatic carbocycles. The van der Waals surface area contributed by atoms with E-state index < -0.39 is 0 Å². The van der Waals surface area contributed by atoms with Gasteiger partial charge in [-0.05, 0) is 44.9 Å². The number of likely N-dealkylation sites (tertiary alicyclic amines) is 1. The van der Waals surface area contributed by atoms with Crippen molar-refractivity contribution in [2.45, 2.75) is 51.4 Å². The van der Waals surface area contributed by atoms with Crippen molar-refractivity contribution in [3.63, 3.8) is 0 Å². The molecule has 0 spiro atoms. The Kier molecular flexibility index (Phi) is 4.18. The van der Waals surface area contributed by atoms with Crippen molar-refractivity contribution in [3.8, 4) is 0 Å². The molecule has 1 saturated carbocycles. The van der Waals surface area contributed by atoms with Crippen molar-refractivity contribution in [1.29, 1.82) is 0 Å². The Morgan fingerprint density at radius 3 is 2.73 bits per heavy atom. The van der Waals surface area contributed by atoms with Gasteiger partial charge in [-0.2, -0.15) is 0 Å². The third-order valence-corrected chi connectivity index (χ3v) is 4.56. The maximum absolute atomic E-state index is 12.7. The van der Waals surface area contributed by atoms with Crippen molar-refractivity contribution in [2.24, 2.45) is 11.7 Å². The molecule has 2 amide bonds. The molecule has 0 bridgehead atoms. The molecule has 6 heteroatoms. The van der Waals surface area contributed by atoms with Crippen molar-refractivity contribution in [2.75, 3.05) is 13.1 Å². The van der Waals surface area contributed by atoms with E-state index in [9.17, 15) is 9.59 Å². The fraction of sp³-hybridized carbons (Fsp3) is 0.688. The van der Waals surface area contributed by atoms with Crippen LogP contribution in [0.15, 0.2) is 4.42 Å². The lowest BCUT2D eigenvalue weighted by Crippen LogP contribution is -2.32. The lowest BCUT2D eigenvalue weighted by molar-refractivity contribution is -0.119. The topological polar surface area (TPSA) is 89.4 Å². The first-order valence-corrected chi connectivity index (χ1v) is 8.09. The molecule has 1 saturated heterocycles. The zero-order valence-electron chi connectivity index (χ0n) is 13.0. The van der Waals surface area contributed by atoms with Gasteiger partial charge in [-0.1, -0.05) is 0 Å². The van der Waals surface area contributed by atoms with Gasteiger partial charge >= 0.3 is 0 Å². The van der Waals surface area contributed by atoms with E-state index in [1.54, 1.807) is 0 Å². The Balaban J connectivity index is 1.65. The van der Waals surface area contributed by atoms with Crippen LogP contribution in [-0.4, -0.2) is 34.8 Å². The van der Waals surface area contributed by atoms with E-state index in [2.05, 4.69) is 4.98 Å². The average molecular weight is 305 g/mol. The standard InChI is InChI=1S/C16H23N3O3/c1-10-14(22-15(18-10)12-4-5-12)16(21)19-7-2-3-11(6-8-19)9-13(17)20/h11-12H,2-9H2,1H3,(H2,17,20)/t11-/m1/s1. The summed E-state index contributed by atoms with van der Waals surface area (Å²) in [4.78, 5) is 29.9. The number of nitrogens with zero attached hydrogens (tertiary/aromatic N) is 2. The summed E-state index contributed by atoms with van der Waals surface area (Å²) in [6.07, 6.45) is 5.27. The minimum absolute atomic E-state index is 0.0726. The van der Waals surface area contributed by atoms with Crippen molar-refractivity contribution in [3.05, 3.63) is 17.3 Å². The summed E-state index contributed by atoms with van der Waals surface area (Å²) in [6, 6.07) is 0. The predicted octanol–water partition coefficient (Wildman–Crippen LogP) is 1.98. The maximum Gasteiger partial charge on any atom is 0.291 e. The van der Waals surface area contributed by atoms with Gasteiger partial charge in [0.15, 0.2) is 5.89 Å². The smallest absolute Gasteiger partial charge is 0.291 e. The number of carbonyl (C=O) groups excluding carboxylic acids is 2. The second kappa shape index (κ2) is 6.10. The van der Waals surface area contributed by atoms with Crippen LogP contribution in [0, 0.1) is 12.8 Å². The van der Waals surface area contributed by atoms with Crippen LogP contribution in [0.5, 0.6) is 0 Å². The normalized spacial score (nSPS) is 22.4. The fourth-order valence-corrected chi connectivity index (χ4v) is 3.12. The fourth-order valence-electron chi connectivity index (χ4n) is 3.12. The van der Waals surface area contributed by atoms with Gasteiger partial charge in [0.05, 0.1) is 5.69 Å². The van der Waals surface area contributed by atoms with Crippen LogP contribution in [0.25, 0.3) is 0 Å². The van der Waals surface area contributed by atoms with E-state index in [0.717, 1.165) is 32.1 Å². The number of primary amides is 1. The molecule has 2 aliphatic rings. The number of hydrogen-bond donors (Lipinski definition) is 1. The quantitative estimate of drug-likeness (QED) is 0.921. The van der Waals surface area contributed by atoms with Crippen LogP contribution in [0.3, 0.4) is 0 Å². The van der Waals surface area contributed by atoms with Crippen LogP contribution in [0.1, 0.15) is 66.6 Å². The van der Waals surface area contributed by atoms with Crippen LogP contribution in [-0.2, 0) is 4.79 Å². The zero-order valence-corrected chi connectivity index (χ0v) is 13.0. The van der Waals surface area contributed by atoms with Crippen molar-refractivity contribution < 1.29 is 14.0 Å². The number of rotatable bonds is 4. The number of aromatic nitrogens is 1. The van der Waals surface area contributed by atoms with E-state index in [1.165, 1.54) is 0 Å². The van der Waals surface area contributed by atoms with E-state index >= 15 is 0 Å². The molecule has 1 aromatic heterocycles. The lowest BCUT2D eigenvalue weighted by atomic mass is 9.97. The molecule has 0 radical (unpaired) electrons. The molecule has 1 aliphatic heterocycles. The summed E-state index contributed by atoms with van der Waals surface area (Å²) in [7, 11) is 0. The van der Waals surface area contributed by atoms with E-state index in [0.29, 0.717) is 42.8 Å². The Hall–Kier alpha value is -1.85. The average Bonchev–Trinajstić information content (AvgIpc) is 3.25. The van der Waals surface area contributed by atoms with Crippen LogP contribution in [0.2, 0.25) is 0 Å².